The summed E-state index contributed by atoms with van der Waals surface area (Å²) in [6.45, 7) is 0. The molecule has 0 unspecified atom stereocenters. The summed E-state index contributed by atoms with van der Waals surface area (Å²) >= 11 is 11.5. The first-order chi connectivity index (χ1) is 14.6. The van der Waals surface area contributed by atoms with Crippen molar-refractivity contribution < 1.29 is 44.3 Å². The van der Waals surface area contributed by atoms with Gasteiger partial charge in [0.2, 0.25) is 0 Å². The average molecular weight is 522 g/mol. The quantitative estimate of drug-likeness (QED) is 0.498. The zero-order valence-corrected chi connectivity index (χ0v) is 18.0. The average Bonchev–Trinajstić information content (AvgIpc) is 3.09. The Hall–Kier alpha value is -2.18. The number of methoxy groups -OCH3 is 1. The Morgan fingerprint density at radius 1 is 1.00 bits per heavy atom. The van der Waals surface area contributed by atoms with Crippen molar-refractivity contribution in [2.45, 2.75) is 22.5 Å². The van der Waals surface area contributed by atoms with Crippen molar-refractivity contribution in [3.05, 3.63) is 63.6 Å². The van der Waals surface area contributed by atoms with Crippen molar-refractivity contribution in [1.29, 1.82) is 0 Å². The van der Waals surface area contributed by atoms with Crippen molar-refractivity contribution in [2.24, 2.45) is 5.16 Å². The number of hydrogen-bond acceptors (Lipinski definition) is 5. The Balaban J connectivity index is 2.36. The highest BCUT2D eigenvalue weighted by Gasteiger charge is 2.75. The van der Waals surface area contributed by atoms with Gasteiger partial charge in [-0.25, -0.2) is 8.42 Å². The van der Waals surface area contributed by atoms with E-state index < -0.39 is 43.6 Å². The molecular formula is C18H11Cl2F6NO4S. The van der Waals surface area contributed by atoms with Crippen LogP contribution in [0.2, 0.25) is 10.0 Å². The minimum Gasteiger partial charge on any atom is -0.497 e. The molecule has 0 N–H and O–H groups in total. The van der Waals surface area contributed by atoms with E-state index in [4.69, 9.17) is 27.9 Å². The number of alkyl halides is 6. The molecule has 2 aromatic rings. The Morgan fingerprint density at radius 3 is 1.97 bits per heavy atom. The van der Waals surface area contributed by atoms with E-state index in [1.165, 1.54) is 19.2 Å². The monoisotopic (exact) mass is 521 g/mol. The number of ether oxygens (including phenoxy) is 1. The van der Waals surface area contributed by atoms with Gasteiger partial charge < -0.3 is 9.57 Å². The van der Waals surface area contributed by atoms with E-state index in [-0.39, 0.29) is 21.4 Å². The van der Waals surface area contributed by atoms with Gasteiger partial charge in [-0.2, -0.15) is 26.3 Å². The van der Waals surface area contributed by atoms with Crippen LogP contribution in [0.3, 0.4) is 0 Å². The highest BCUT2D eigenvalue weighted by Crippen LogP contribution is 2.54. The van der Waals surface area contributed by atoms with Crippen LogP contribution in [-0.2, 0) is 20.3 Å². The molecular weight excluding hydrogens is 511 g/mol. The fraction of sp³-hybridized carbons (Fsp3) is 0.278. The van der Waals surface area contributed by atoms with Crippen LogP contribution >= 0.6 is 23.2 Å². The van der Waals surface area contributed by atoms with Gasteiger partial charge in [0.15, 0.2) is 5.25 Å². The second-order valence-electron chi connectivity index (χ2n) is 6.56. The summed E-state index contributed by atoms with van der Waals surface area (Å²) in [7, 11) is -5.27. The molecule has 3 rings (SSSR count). The molecule has 0 saturated carbocycles. The molecule has 0 aromatic heterocycles. The molecule has 0 saturated heterocycles. The van der Waals surface area contributed by atoms with Gasteiger partial charge >= 0.3 is 11.7 Å². The molecule has 0 fully saturated rings. The second kappa shape index (κ2) is 7.99. The van der Waals surface area contributed by atoms with E-state index in [0.717, 1.165) is 18.2 Å². The molecule has 0 aliphatic carbocycles. The Morgan fingerprint density at radius 2 is 1.53 bits per heavy atom. The van der Waals surface area contributed by atoms with Gasteiger partial charge in [0.25, 0.3) is 15.4 Å². The highest BCUT2D eigenvalue weighted by molar-refractivity contribution is 7.93. The summed E-state index contributed by atoms with van der Waals surface area (Å²) in [5.41, 5.74) is -12.7. The Bertz CT molecular complexity index is 1150. The van der Waals surface area contributed by atoms with E-state index in [2.05, 4.69) is 9.99 Å². The normalized spacial score (nSPS) is 21.8. The van der Waals surface area contributed by atoms with Crippen LogP contribution in [0, 0.1) is 0 Å². The van der Waals surface area contributed by atoms with Gasteiger partial charge in [-0.1, -0.05) is 28.4 Å². The lowest BCUT2D eigenvalue weighted by Gasteiger charge is -2.35. The minimum atomic E-state index is -6.55. The summed E-state index contributed by atoms with van der Waals surface area (Å²) in [6.07, 6.45) is -5.69. The summed E-state index contributed by atoms with van der Waals surface area (Å²) in [5.74, 6) is 0.215. The highest BCUT2D eigenvalue weighted by atomic mass is 35.5. The summed E-state index contributed by atoms with van der Waals surface area (Å²) in [5, 5.41) is -0.957. The van der Waals surface area contributed by atoms with E-state index in [9.17, 15) is 34.8 Å². The van der Waals surface area contributed by atoms with Crippen molar-refractivity contribution in [3.8, 4) is 5.75 Å². The molecule has 1 heterocycles. The lowest BCUT2D eigenvalue weighted by atomic mass is 9.86. The zero-order chi connectivity index (χ0) is 24.1. The number of halogens is 8. The van der Waals surface area contributed by atoms with Crippen LogP contribution in [0.5, 0.6) is 5.75 Å². The van der Waals surface area contributed by atoms with Crippen molar-refractivity contribution >= 4 is 38.8 Å². The standard InChI is InChI=1S/C18H11Cl2F6NO4S/c1-30-13-4-2-9(3-5-13)14-15(32(28,29)18(24,25)26)16(31-27-14,17(21,22)23)10-6-11(19)8-12(20)7-10/h2-8,15H,1H3/t15-,16-/m0/s1. The third-order valence-electron chi connectivity index (χ3n) is 4.64. The van der Waals surface area contributed by atoms with Crippen LogP contribution in [0.1, 0.15) is 11.1 Å². The van der Waals surface area contributed by atoms with E-state index in [1.54, 1.807) is 0 Å². The predicted octanol–water partition coefficient (Wildman–Crippen LogP) is 5.50. The van der Waals surface area contributed by atoms with Crippen molar-refractivity contribution in [2.75, 3.05) is 7.11 Å². The minimum absolute atomic E-state index is 0.215. The first kappa shape index (κ1) is 24.5. The van der Waals surface area contributed by atoms with E-state index in [1.807, 2.05) is 0 Å². The molecule has 0 spiro atoms. The molecule has 1 aliphatic rings. The number of hydrogen-bond donors (Lipinski definition) is 0. The van der Waals surface area contributed by atoms with Crippen LogP contribution in [0.25, 0.3) is 0 Å². The molecule has 2 aromatic carbocycles. The maximum atomic E-state index is 14.4. The predicted molar refractivity (Wildman–Crippen MR) is 104 cm³/mol. The number of benzene rings is 2. The first-order valence-corrected chi connectivity index (χ1v) is 10.7. The van der Waals surface area contributed by atoms with E-state index >= 15 is 0 Å². The largest absolute Gasteiger partial charge is 0.498 e. The van der Waals surface area contributed by atoms with Gasteiger partial charge in [0.1, 0.15) is 11.5 Å². The number of oxime groups is 1. The topological polar surface area (TPSA) is 65.0 Å². The third kappa shape index (κ3) is 3.88. The number of sulfone groups is 1. The van der Waals surface area contributed by atoms with Gasteiger partial charge in [-0.05, 0) is 42.5 Å². The Kier molecular flexibility index (Phi) is 6.11. The molecule has 0 bridgehead atoms. The smallest absolute Gasteiger partial charge is 0.497 e. The maximum absolute atomic E-state index is 14.4. The molecule has 1 aliphatic heterocycles. The first-order valence-electron chi connectivity index (χ1n) is 8.39. The fourth-order valence-electron chi connectivity index (χ4n) is 3.21. The van der Waals surface area contributed by atoms with Crippen LogP contribution < -0.4 is 4.74 Å². The van der Waals surface area contributed by atoms with Gasteiger partial charge in [0, 0.05) is 21.2 Å². The van der Waals surface area contributed by atoms with Crippen LogP contribution in [-0.4, -0.2) is 38.2 Å². The van der Waals surface area contributed by atoms with Gasteiger partial charge in [0.05, 0.1) is 7.11 Å². The summed E-state index contributed by atoms with van der Waals surface area (Å²) < 4.78 is 114. The lowest BCUT2D eigenvalue weighted by molar-refractivity contribution is -0.274. The SMILES string of the molecule is COc1ccc(C2=NO[C@](c3cc(Cl)cc(Cl)c3)(C(F)(F)F)[C@H]2S(=O)(=O)C(F)(F)F)cc1. The van der Waals surface area contributed by atoms with Crippen LogP contribution in [0.15, 0.2) is 47.6 Å². The second-order valence-corrected chi connectivity index (χ2v) is 9.46. The number of rotatable bonds is 4. The molecule has 0 amide bonds. The third-order valence-corrected chi connectivity index (χ3v) is 6.89. The van der Waals surface area contributed by atoms with Gasteiger partial charge in [-0.3, -0.25) is 0 Å². The lowest BCUT2D eigenvalue weighted by Crippen LogP contribution is -2.58. The molecule has 0 radical (unpaired) electrons. The molecule has 5 nitrogen and oxygen atoms in total. The Labute approximate surface area is 187 Å². The molecule has 32 heavy (non-hydrogen) atoms. The van der Waals surface area contributed by atoms with Crippen molar-refractivity contribution in [1.82, 2.24) is 0 Å². The van der Waals surface area contributed by atoms with Crippen LogP contribution in [0.4, 0.5) is 26.3 Å². The summed E-state index contributed by atoms with van der Waals surface area (Å²) in [6, 6.07) is 6.77. The molecule has 174 valence electrons. The number of nitrogens with zero attached hydrogens (tertiary/aromatic N) is 1. The van der Waals surface area contributed by atoms with Gasteiger partial charge in [-0.15, -0.1) is 0 Å². The maximum Gasteiger partial charge on any atom is 0.498 e. The molecule has 14 heteroatoms. The van der Waals surface area contributed by atoms with E-state index in [0.29, 0.717) is 12.1 Å². The summed E-state index contributed by atoms with van der Waals surface area (Å²) in [4.78, 5) is 4.55. The fourth-order valence-corrected chi connectivity index (χ4v) is 5.23. The molecule has 2 atom stereocenters. The zero-order valence-electron chi connectivity index (χ0n) is 15.6. The van der Waals surface area contributed by atoms with Crippen molar-refractivity contribution in [3.63, 3.8) is 0 Å².